The van der Waals surface area contributed by atoms with Crippen LogP contribution in [0.4, 0.5) is 0 Å². The Morgan fingerprint density at radius 1 is 1.24 bits per heavy atom. The quantitative estimate of drug-likeness (QED) is 0.776. The molecule has 0 saturated heterocycles. The molecule has 1 atom stereocenters. The first-order valence-corrected chi connectivity index (χ1v) is 6.96. The van der Waals surface area contributed by atoms with Gasteiger partial charge in [-0.1, -0.05) is 35.9 Å². The van der Waals surface area contributed by atoms with Gasteiger partial charge in [-0.2, -0.15) is 5.26 Å². The smallest absolute Gasteiger partial charge is 0.188 e. The third kappa shape index (κ3) is 3.42. The summed E-state index contributed by atoms with van der Waals surface area (Å²) in [5.74, 6) is -0.646. The predicted molar refractivity (Wildman–Crippen MR) is 81.7 cm³/mol. The Bertz CT molecular complexity index is 674. The SMILES string of the molecule is CCOc1ccccc1C(=O)C(C#N)c1ccc(Cl)cc1. The summed E-state index contributed by atoms with van der Waals surface area (Å²) < 4.78 is 5.46. The van der Waals surface area contributed by atoms with Gasteiger partial charge < -0.3 is 4.74 Å². The number of nitriles is 1. The second-order valence-corrected chi connectivity index (χ2v) is 4.84. The maximum atomic E-state index is 12.6. The second kappa shape index (κ2) is 6.92. The van der Waals surface area contributed by atoms with Crippen LogP contribution < -0.4 is 4.74 Å². The van der Waals surface area contributed by atoms with Gasteiger partial charge in [0.15, 0.2) is 5.78 Å². The Kier molecular flexibility index (Phi) is 4.97. The fraction of sp³-hybridized carbons (Fsp3) is 0.176. The third-order valence-electron chi connectivity index (χ3n) is 3.05. The van der Waals surface area contributed by atoms with E-state index < -0.39 is 5.92 Å². The fourth-order valence-corrected chi connectivity index (χ4v) is 2.17. The van der Waals surface area contributed by atoms with Gasteiger partial charge in [0.05, 0.1) is 18.2 Å². The van der Waals surface area contributed by atoms with E-state index >= 15 is 0 Å². The van der Waals surface area contributed by atoms with Gasteiger partial charge in [-0.05, 0) is 36.8 Å². The van der Waals surface area contributed by atoms with Crippen LogP contribution in [0.15, 0.2) is 48.5 Å². The molecule has 0 bridgehead atoms. The number of halogens is 1. The number of para-hydroxylation sites is 1. The van der Waals surface area contributed by atoms with Crippen molar-refractivity contribution in [1.29, 1.82) is 5.26 Å². The minimum Gasteiger partial charge on any atom is -0.493 e. The van der Waals surface area contributed by atoms with Crippen LogP contribution in [0.2, 0.25) is 5.02 Å². The van der Waals surface area contributed by atoms with Gasteiger partial charge >= 0.3 is 0 Å². The van der Waals surface area contributed by atoms with Crippen LogP contribution >= 0.6 is 11.6 Å². The minimum atomic E-state index is -0.871. The molecule has 4 heteroatoms. The Morgan fingerprint density at radius 2 is 1.90 bits per heavy atom. The molecule has 2 rings (SSSR count). The number of Topliss-reactive ketones (excluding diaryl/α,β-unsaturated/α-hetero) is 1. The molecule has 1 unspecified atom stereocenters. The van der Waals surface area contributed by atoms with Crippen LogP contribution in [-0.2, 0) is 0 Å². The van der Waals surface area contributed by atoms with E-state index in [0.29, 0.717) is 28.5 Å². The van der Waals surface area contributed by atoms with Gasteiger partial charge in [0, 0.05) is 5.02 Å². The number of hydrogen-bond acceptors (Lipinski definition) is 3. The molecule has 0 aliphatic carbocycles. The van der Waals surface area contributed by atoms with Crippen molar-refractivity contribution in [2.75, 3.05) is 6.61 Å². The first-order chi connectivity index (χ1) is 10.2. The van der Waals surface area contributed by atoms with Crippen LogP contribution in [0.3, 0.4) is 0 Å². The van der Waals surface area contributed by atoms with Crippen molar-refractivity contribution in [2.24, 2.45) is 0 Å². The molecule has 0 aliphatic heterocycles. The summed E-state index contributed by atoms with van der Waals surface area (Å²) in [7, 11) is 0. The number of carbonyl (C=O) groups excluding carboxylic acids is 1. The van der Waals surface area contributed by atoms with Gasteiger partial charge in [0.25, 0.3) is 0 Å². The number of hydrogen-bond donors (Lipinski definition) is 0. The summed E-state index contributed by atoms with van der Waals surface area (Å²) in [6, 6.07) is 15.7. The molecule has 0 aliphatic rings. The first kappa shape index (κ1) is 15.1. The van der Waals surface area contributed by atoms with E-state index in [2.05, 4.69) is 6.07 Å². The number of ether oxygens (including phenoxy) is 1. The maximum Gasteiger partial charge on any atom is 0.188 e. The van der Waals surface area contributed by atoms with E-state index in [9.17, 15) is 10.1 Å². The molecule has 106 valence electrons. The van der Waals surface area contributed by atoms with Crippen molar-refractivity contribution in [2.45, 2.75) is 12.8 Å². The van der Waals surface area contributed by atoms with E-state index in [1.54, 1.807) is 48.5 Å². The number of benzene rings is 2. The molecule has 2 aromatic carbocycles. The molecule has 0 spiro atoms. The lowest BCUT2D eigenvalue weighted by Crippen LogP contribution is -2.13. The van der Waals surface area contributed by atoms with Gasteiger partial charge in [-0.3, -0.25) is 4.79 Å². The van der Waals surface area contributed by atoms with E-state index in [4.69, 9.17) is 16.3 Å². The van der Waals surface area contributed by atoms with Gasteiger partial charge in [-0.15, -0.1) is 0 Å². The zero-order valence-electron chi connectivity index (χ0n) is 11.5. The van der Waals surface area contributed by atoms with Crippen molar-refractivity contribution in [1.82, 2.24) is 0 Å². The topological polar surface area (TPSA) is 50.1 Å². The summed E-state index contributed by atoms with van der Waals surface area (Å²) in [6.07, 6.45) is 0. The first-order valence-electron chi connectivity index (χ1n) is 6.58. The third-order valence-corrected chi connectivity index (χ3v) is 3.30. The molecule has 0 saturated carbocycles. The highest BCUT2D eigenvalue weighted by Crippen LogP contribution is 2.27. The van der Waals surface area contributed by atoms with Crippen molar-refractivity contribution in [3.05, 3.63) is 64.7 Å². The number of nitrogens with zero attached hydrogens (tertiary/aromatic N) is 1. The van der Waals surface area contributed by atoms with E-state index in [1.807, 2.05) is 6.92 Å². The summed E-state index contributed by atoms with van der Waals surface area (Å²) in [5, 5.41) is 9.92. The molecule has 21 heavy (non-hydrogen) atoms. The second-order valence-electron chi connectivity index (χ2n) is 4.41. The summed E-state index contributed by atoms with van der Waals surface area (Å²) in [5.41, 5.74) is 1.04. The zero-order chi connectivity index (χ0) is 15.2. The number of ketones is 1. The van der Waals surface area contributed by atoms with Crippen LogP contribution in [0.5, 0.6) is 5.75 Å². The summed E-state index contributed by atoms with van der Waals surface area (Å²) >= 11 is 5.83. The Balaban J connectivity index is 2.37. The fourth-order valence-electron chi connectivity index (χ4n) is 2.05. The summed E-state index contributed by atoms with van der Waals surface area (Å²) in [4.78, 5) is 12.6. The highest BCUT2D eigenvalue weighted by Gasteiger charge is 2.24. The van der Waals surface area contributed by atoms with Crippen molar-refractivity contribution >= 4 is 17.4 Å². The molecule has 2 aromatic rings. The lowest BCUT2D eigenvalue weighted by molar-refractivity contribution is 0.0975. The monoisotopic (exact) mass is 299 g/mol. The minimum absolute atomic E-state index is 0.274. The predicted octanol–water partition coefficient (Wildman–Crippen LogP) is 4.23. The summed E-state index contributed by atoms with van der Waals surface area (Å²) in [6.45, 7) is 2.31. The highest BCUT2D eigenvalue weighted by molar-refractivity contribution is 6.30. The normalized spacial score (nSPS) is 11.5. The standard InChI is InChI=1S/C17H14ClNO2/c1-2-21-16-6-4-3-5-14(16)17(20)15(11-19)12-7-9-13(18)10-8-12/h3-10,15H,2H2,1H3. The molecular formula is C17H14ClNO2. The zero-order valence-corrected chi connectivity index (χ0v) is 12.3. The van der Waals surface area contributed by atoms with E-state index in [-0.39, 0.29) is 5.78 Å². The molecule has 0 heterocycles. The van der Waals surface area contributed by atoms with Crippen LogP contribution in [0, 0.1) is 11.3 Å². The Morgan fingerprint density at radius 3 is 2.52 bits per heavy atom. The molecule has 0 N–H and O–H groups in total. The highest BCUT2D eigenvalue weighted by atomic mass is 35.5. The van der Waals surface area contributed by atoms with E-state index in [1.165, 1.54) is 0 Å². The Labute approximate surface area is 128 Å². The van der Waals surface area contributed by atoms with Gasteiger partial charge in [0.1, 0.15) is 11.7 Å². The lowest BCUT2D eigenvalue weighted by Gasteiger charge is -2.12. The number of carbonyl (C=O) groups is 1. The van der Waals surface area contributed by atoms with Crippen molar-refractivity contribution in [3.63, 3.8) is 0 Å². The van der Waals surface area contributed by atoms with E-state index in [0.717, 1.165) is 0 Å². The molecule has 0 fully saturated rings. The Hall–Kier alpha value is -2.31. The van der Waals surface area contributed by atoms with Crippen LogP contribution in [0.1, 0.15) is 28.8 Å². The molecular weight excluding hydrogens is 286 g/mol. The van der Waals surface area contributed by atoms with Crippen LogP contribution in [-0.4, -0.2) is 12.4 Å². The van der Waals surface area contributed by atoms with Crippen molar-refractivity contribution < 1.29 is 9.53 Å². The van der Waals surface area contributed by atoms with Gasteiger partial charge in [0.2, 0.25) is 0 Å². The lowest BCUT2D eigenvalue weighted by atomic mass is 9.91. The molecule has 3 nitrogen and oxygen atoms in total. The van der Waals surface area contributed by atoms with Crippen LogP contribution in [0.25, 0.3) is 0 Å². The average molecular weight is 300 g/mol. The molecule has 0 radical (unpaired) electrons. The average Bonchev–Trinajstić information content (AvgIpc) is 2.50. The van der Waals surface area contributed by atoms with Gasteiger partial charge in [-0.25, -0.2) is 0 Å². The largest absolute Gasteiger partial charge is 0.493 e. The maximum absolute atomic E-state index is 12.6. The molecule has 0 aromatic heterocycles. The molecule has 0 amide bonds. The van der Waals surface area contributed by atoms with Crippen molar-refractivity contribution in [3.8, 4) is 11.8 Å². The number of rotatable bonds is 5.